The van der Waals surface area contributed by atoms with Crippen LogP contribution in [0.5, 0.6) is 11.5 Å². The van der Waals surface area contributed by atoms with Crippen LogP contribution >= 0.6 is 11.8 Å². The van der Waals surface area contributed by atoms with Gasteiger partial charge in [0.05, 0.1) is 5.25 Å². The Bertz CT molecular complexity index is 1150. The predicted octanol–water partition coefficient (Wildman–Crippen LogP) is 4.79. The van der Waals surface area contributed by atoms with Crippen molar-refractivity contribution >= 4 is 23.4 Å². The number of nitrogens with one attached hydrogen (secondary N) is 1. The number of nitrogens with zero attached hydrogens (tertiary/aromatic N) is 4. The molecule has 8 heteroatoms. The Morgan fingerprint density at radius 3 is 2.35 bits per heavy atom. The first-order valence-corrected chi connectivity index (χ1v) is 10.6. The number of carbonyl (C=O) groups excluding carboxylic acids is 1. The molecule has 2 aromatic carbocycles. The summed E-state index contributed by atoms with van der Waals surface area (Å²) in [7, 11) is 1.88. The van der Waals surface area contributed by atoms with Gasteiger partial charge in [0.1, 0.15) is 11.5 Å². The van der Waals surface area contributed by atoms with Gasteiger partial charge < -0.3 is 14.6 Å². The molecule has 0 spiro atoms. The minimum atomic E-state index is -0.353. The highest BCUT2D eigenvalue weighted by molar-refractivity contribution is 8.00. The number of pyridine rings is 1. The molecule has 1 atom stereocenters. The number of para-hydroxylation sites is 1. The Kier molecular flexibility index (Phi) is 6.28. The lowest BCUT2D eigenvalue weighted by molar-refractivity contribution is -0.115. The minimum absolute atomic E-state index is 0.116. The van der Waals surface area contributed by atoms with Crippen LogP contribution in [0.2, 0.25) is 0 Å². The van der Waals surface area contributed by atoms with E-state index in [2.05, 4.69) is 20.5 Å². The number of hydrogen-bond acceptors (Lipinski definition) is 6. The fraction of sp³-hybridized carbons (Fsp3) is 0.130. The zero-order valence-electron chi connectivity index (χ0n) is 17.1. The van der Waals surface area contributed by atoms with Crippen LogP contribution in [0.3, 0.4) is 0 Å². The van der Waals surface area contributed by atoms with E-state index in [1.807, 2.05) is 85.3 Å². The summed E-state index contributed by atoms with van der Waals surface area (Å²) in [6.07, 6.45) is 3.42. The minimum Gasteiger partial charge on any atom is -0.457 e. The Labute approximate surface area is 184 Å². The highest BCUT2D eigenvalue weighted by Gasteiger charge is 2.19. The smallest absolute Gasteiger partial charge is 0.237 e. The van der Waals surface area contributed by atoms with Crippen molar-refractivity contribution in [3.8, 4) is 22.9 Å². The molecule has 7 nitrogen and oxygen atoms in total. The van der Waals surface area contributed by atoms with Crippen LogP contribution in [0.25, 0.3) is 11.4 Å². The second-order valence-electron chi connectivity index (χ2n) is 6.79. The standard InChI is InChI=1S/C23H21N5O2S/c1-16(31-23-27-26-21(28(23)2)17-12-14-24-15-13-17)22(29)25-18-8-10-20(11-9-18)30-19-6-4-3-5-7-19/h3-16H,1-2H3,(H,25,29). The summed E-state index contributed by atoms with van der Waals surface area (Å²) in [5.41, 5.74) is 1.63. The Morgan fingerprint density at radius 2 is 1.65 bits per heavy atom. The van der Waals surface area contributed by atoms with Crippen molar-refractivity contribution in [3.05, 3.63) is 79.1 Å². The summed E-state index contributed by atoms with van der Waals surface area (Å²) in [6.45, 7) is 1.84. The van der Waals surface area contributed by atoms with Crippen molar-refractivity contribution in [3.63, 3.8) is 0 Å². The van der Waals surface area contributed by atoms with E-state index in [1.165, 1.54) is 11.8 Å². The number of carbonyl (C=O) groups is 1. The number of aromatic nitrogens is 4. The lowest BCUT2D eigenvalue weighted by atomic mass is 10.2. The molecule has 0 aliphatic rings. The summed E-state index contributed by atoms with van der Waals surface area (Å²) in [5.74, 6) is 2.08. The third kappa shape index (κ3) is 5.10. The molecule has 2 heterocycles. The molecular weight excluding hydrogens is 410 g/mol. The molecule has 4 rings (SSSR count). The zero-order valence-corrected chi connectivity index (χ0v) is 17.9. The van der Waals surface area contributed by atoms with Crippen molar-refractivity contribution in [2.75, 3.05) is 5.32 Å². The lowest BCUT2D eigenvalue weighted by Gasteiger charge is -2.12. The van der Waals surface area contributed by atoms with Crippen molar-refractivity contribution in [1.82, 2.24) is 19.7 Å². The van der Waals surface area contributed by atoms with Crippen LogP contribution < -0.4 is 10.1 Å². The first-order chi connectivity index (χ1) is 15.1. The first kappa shape index (κ1) is 20.6. The van der Waals surface area contributed by atoms with Crippen LogP contribution in [0.15, 0.2) is 84.3 Å². The lowest BCUT2D eigenvalue weighted by Crippen LogP contribution is -2.22. The van der Waals surface area contributed by atoms with Crippen molar-refractivity contribution in [2.45, 2.75) is 17.3 Å². The van der Waals surface area contributed by atoms with Crippen LogP contribution in [0, 0.1) is 0 Å². The van der Waals surface area contributed by atoms with E-state index >= 15 is 0 Å². The second kappa shape index (κ2) is 9.44. The van der Waals surface area contributed by atoms with Gasteiger partial charge >= 0.3 is 0 Å². The van der Waals surface area contributed by atoms with E-state index < -0.39 is 0 Å². The molecule has 0 fully saturated rings. The number of ether oxygens (including phenoxy) is 1. The maximum atomic E-state index is 12.7. The Balaban J connectivity index is 1.36. The number of benzene rings is 2. The van der Waals surface area contributed by atoms with E-state index in [1.54, 1.807) is 12.4 Å². The highest BCUT2D eigenvalue weighted by Crippen LogP contribution is 2.27. The molecule has 0 saturated carbocycles. The number of hydrogen-bond donors (Lipinski definition) is 1. The maximum Gasteiger partial charge on any atom is 0.237 e. The van der Waals surface area contributed by atoms with Crippen LogP contribution in [0.1, 0.15) is 6.92 Å². The molecule has 0 bridgehead atoms. The van der Waals surface area contributed by atoms with Gasteiger partial charge in [-0.2, -0.15) is 0 Å². The molecule has 1 amide bonds. The van der Waals surface area contributed by atoms with Gasteiger partial charge in [0.15, 0.2) is 11.0 Å². The molecule has 156 valence electrons. The third-order valence-corrected chi connectivity index (χ3v) is 5.66. The summed E-state index contributed by atoms with van der Waals surface area (Å²) in [4.78, 5) is 16.7. The average Bonchev–Trinajstić information content (AvgIpc) is 3.16. The SMILES string of the molecule is CC(Sc1nnc(-c2ccncc2)n1C)C(=O)Nc1ccc(Oc2ccccc2)cc1. The van der Waals surface area contributed by atoms with E-state index in [-0.39, 0.29) is 11.2 Å². The quantitative estimate of drug-likeness (QED) is 0.424. The average molecular weight is 432 g/mol. The number of thioether (sulfide) groups is 1. The van der Waals surface area contributed by atoms with E-state index in [4.69, 9.17) is 4.74 Å². The van der Waals surface area contributed by atoms with E-state index in [0.29, 0.717) is 16.6 Å². The number of anilines is 1. The van der Waals surface area contributed by atoms with Gasteiger partial charge in [0, 0.05) is 30.7 Å². The molecule has 31 heavy (non-hydrogen) atoms. The Morgan fingerprint density at radius 1 is 0.968 bits per heavy atom. The van der Waals surface area contributed by atoms with Gasteiger partial charge in [-0.25, -0.2) is 0 Å². The second-order valence-corrected chi connectivity index (χ2v) is 8.10. The van der Waals surface area contributed by atoms with Gasteiger partial charge in [0.25, 0.3) is 0 Å². The van der Waals surface area contributed by atoms with Crippen molar-refractivity contribution in [1.29, 1.82) is 0 Å². The molecule has 4 aromatic rings. The number of rotatable bonds is 7. The third-order valence-electron chi connectivity index (χ3n) is 4.53. The van der Waals surface area contributed by atoms with Crippen molar-refractivity contribution < 1.29 is 9.53 Å². The topological polar surface area (TPSA) is 81.9 Å². The fourth-order valence-electron chi connectivity index (χ4n) is 2.86. The molecule has 0 aliphatic heterocycles. The van der Waals surface area contributed by atoms with Gasteiger partial charge in [0.2, 0.25) is 5.91 Å². The summed E-state index contributed by atoms with van der Waals surface area (Å²) in [5, 5.41) is 11.7. The van der Waals surface area contributed by atoms with Gasteiger partial charge in [-0.15, -0.1) is 10.2 Å². The highest BCUT2D eigenvalue weighted by atomic mass is 32.2. The summed E-state index contributed by atoms with van der Waals surface area (Å²) >= 11 is 1.35. The molecule has 2 aromatic heterocycles. The molecular formula is C23H21N5O2S. The van der Waals surface area contributed by atoms with Gasteiger partial charge in [-0.05, 0) is 55.5 Å². The monoisotopic (exact) mass is 431 g/mol. The zero-order chi connectivity index (χ0) is 21.6. The van der Waals surface area contributed by atoms with Crippen LogP contribution in [0.4, 0.5) is 5.69 Å². The molecule has 0 aliphatic carbocycles. The Hall–Kier alpha value is -3.65. The maximum absolute atomic E-state index is 12.7. The largest absolute Gasteiger partial charge is 0.457 e. The van der Waals surface area contributed by atoms with Crippen LogP contribution in [-0.2, 0) is 11.8 Å². The normalized spacial score (nSPS) is 11.7. The summed E-state index contributed by atoms with van der Waals surface area (Å²) in [6, 6.07) is 20.6. The fourth-order valence-corrected chi connectivity index (χ4v) is 3.67. The number of amides is 1. The first-order valence-electron chi connectivity index (χ1n) is 9.70. The predicted molar refractivity (Wildman–Crippen MR) is 121 cm³/mol. The molecule has 0 saturated heterocycles. The summed E-state index contributed by atoms with van der Waals surface area (Å²) < 4.78 is 7.65. The van der Waals surface area contributed by atoms with E-state index in [9.17, 15) is 4.79 Å². The van der Waals surface area contributed by atoms with Crippen LogP contribution in [-0.4, -0.2) is 30.9 Å². The van der Waals surface area contributed by atoms with Crippen molar-refractivity contribution in [2.24, 2.45) is 7.05 Å². The molecule has 1 N–H and O–H groups in total. The molecule has 0 radical (unpaired) electrons. The van der Waals surface area contributed by atoms with E-state index in [0.717, 1.165) is 17.1 Å². The van der Waals surface area contributed by atoms with Gasteiger partial charge in [-0.3, -0.25) is 9.78 Å². The van der Waals surface area contributed by atoms with Gasteiger partial charge in [-0.1, -0.05) is 30.0 Å². The molecule has 1 unspecified atom stereocenters.